The van der Waals surface area contributed by atoms with Crippen LogP contribution >= 0.6 is 0 Å². The largest absolute Gasteiger partial charge is 0.492 e. The Morgan fingerprint density at radius 2 is 1.83 bits per heavy atom. The minimum atomic E-state index is -0.381. The Bertz CT molecular complexity index is 359. The molecule has 1 aromatic carbocycles. The van der Waals surface area contributed by atoms with Gasteiger partial charge in [-0.2, -0.15) is 0 Å². The van der Waals surface area contributed by atoms with E-state index in [4.69, 9.17) is 4.74 Å². The van der Waals surface area contributed by atoms with Crippen molar-refractivity contribution < 1.29 is 9.84 Å². The van der Waals surface area contributed by atoms with Gasteiger partial charge in [0.05, 0.1) is 12.1 Å². The number of aryl methyl sites for hydroxylation is 2. The van der Waals surface area contributed by atoms with Crippen LogP contribution in [0, 0.1) is 13.8 Å². The summed E-state index contributed by atoms with van der Waals surface area (Å²) in [5, 5.41) is 12.8. The molecular formula is C15H25NO2. The van der Waals surface area contributed by atoms with Gasteiger partial charge in [0.1, 0.15) is 12.4 Å². The van der Waals surface area contributed by atoms with Crippen LogP contribution in [0.1, 0.15) is 31.4 Å². The highest BCUT2D eigenvalue weighted by Crippen LogP contribution is 2.17. The lowest BCUT2D eigenvalue weighted by atomic mass is 10.1. The number of nitrogens with one attached hydrogen (secondary N) is 1. The van der Waals surface area contributed by atoms with E-state index in [1.807, 2.05) is 19.1 Å². The predicted molar refractivity (Wildman–Crippen MR) is 75.2 cm³/mol. The first-order valence-electron chi connectivity index (χ1n) is 6.56. The second-order valence-electron chi connectivity index (χ2n) is 5.26. The molecule has 0 aliphatic rings. The standard InChI is InChI=1S/C15H25NO2/c1-5-6-16-15(4,10-17)11-18-14-8-12(2)7-13(3)9-14/h7-9,16-17H,5-6,10-11H2,1-4H3. The second-order valence-corrected chi connectivity index (χ2v) is 5.26. The summed E-state index contributed by atoms with van der Waals surface area (Å²) in [5.41, 5.74) is 2.00. The summed E-state index contributed by atoms with van der Waals surface area (Å²) in [5.74, 6) is 0.866. The van der Waals surface area contributed by atoms with Gasteiger partial charge in [-0.05, 0) is 57.0 Å². The molecule has 1 aromatic rings. The van der Waals surface area contributed by atoms with Crippen LogP contribution in [0.5, 0.6) is 5.75 Å². The second kappa shape index (κ2) is 6.76. The Morgan fingerprint density at radius 3 is 2.33 bits per heavy atom. The summed E-state index contributed by atoms with van der Waals surface area (Å²) in [6.07, 6.45) is 1.04. The summed E-state index contributed by atoms with van der Waals surface area (Å²) in [6, 6.07) is 6.16. The molecule has 3 nitrogen and oxygen atoms in total. The fourth-order valence-corrected chi connectivity index (χ4v) is 1.84. The fraction of sp³-hybridized carbons (Fsp3) is 0.600. The number of benzene rings is 1. The lowest BCUT2D eigenvalue weighted by Gasteiger charge is -2.28. The Hall–Kier alpha value is -1.06. The van der Waals surface area contributed by atoms with E-state index in [1.54, 1.807) is 0 Å². The molecule has 0 amide bonds. The number of rotatable bonds is 7. The zero-order chi connectivity index (χ0) is 13.6. The maximum Gasteiger partial charge on any atom is 0.119 e. The Kier molecular flexibility index (Phi) is 5.63. The SMILES string of the molecule is CCCNC(C)(CO)COc1cc(C)cc(C)c1. The van der Waals surface area contributed by atoms with Crippen molar-refractivity contribution in [3.63, 3.8) is 0 Å². The molecule has 18 heavy (non-hydrogen) atoms. The third-order valence-electron chi connectivity index (χ3n) is 2.90. The smallest absolute Gasteiger partial charge is 0.119 e. The minimum Gasteiger partial charge on any atom is -0.492 e. The van der Waals surface area contributed by atoms with Crippen molar-refractivity contribution in [1.29, 1.82) is 0 Å². The maximum atomic E-state index is 9.46. The van der Waals surface area contributed by atoms with Crippen molar-refractivity contribution in [3.05, 3.63) is 29.3 Å². The van der Waals surface area contributed by atoms with Gasteiger partial charge in [0.15, 0.2) is 0 Å². The van der Waals surface area contributed by atoms with E-state index in [0.29, 0.717) is 6.61 Å². The third-order valence-corrected chi connectivity index (χ3v) is 2.90. The molecule has 1 atom stereocenters. The zero-order valence-corrected chi connectivity index (χ0v) is 11.9. The number of hydrogen-bond donors (Lipinski definition) is 2. The van der Waals surface area contributed by atoms with Gasteiger partial charge in [-0.3, -0.25) is 0 Å². The topological polar surface area (TPSA) is 41.5 Å². The van der Waals surface area contributed by atoms with Crippen LogP contribution in [0.25, 0.3) is 0 Å². The van der Waals surface area contributed by atoms with Crippen molar-refractivity contribution >= 4 is 0 Å². The van der Waals surface area contributed by atoms with Crippen LogP contribution in [0.3, 0.4) is 0 Å². The number of hydrogen-bond acceptors (Lipinski definition) is 3. The lowest BCUT2D eigenvalue weighted by molar-refractivity contribution is 0.116. The Balaban J connectivity index is 2.61. The molecule has 2 N–H and O–H groups in total. The fourth-order valence-electron chi connectivity index (χ4n) is 1.84. The van der Waals surface area contributed by atoms with Gasteiger partial charge in [-0.1, -0.05) is 13.0 Å². The first-order valence-corrected chi connectivity index (χ1v) is 6.56. The van der Waals surface area contributed by atoms with Gasteiger partial charge in [-0.25, -0.2) is 0 Å². The van der Waals surface area contributed by atoms with E-state index in [9.17, 15) is 5.11 Å². The molecule has 0 saturated heterocycles. The predicted octanol–water partition coefficient (Wildman–Crippen LogP) is 2.43. The highest BCUT2D eigenvalue weighted by atomic mass is 16.5. The normalized spacial score (nSPS) is 14.3. The molecule has 0 bridgehead atoms. The quantitative estimate of drug-likeness (QED) is 0.782. The first-order chi connectivity index (χ1) is 8.49. The summed E-state index contributed by atoms with van der Waals surface area (Å²) in [6.45, 7) is 9.61. The molecule has 0 fully saturated rings. The number of aliphatic hydroxyl groups excluding tert-OH is 1. The molecule has 0 heterocycles. The van der Waals surface area contributed by atoms with E-state index in [0.717, 1.165) is 18.7 Å². The first kappa shape index (κ1) is 15.0. The molecule has 0 radical (unpaired) electrons. The van der Waals surface area contributed by atoms with E-state index in [2.05, 4.69) is 32.2 Å². The van der Waals surface area contributed by atoms with Gasteiger partial charge in [0.25, 0.3) is 0 Å². The van der Waals surface area contributed by atoms with Crippen LogP contribution in [-0.2, 0) is 0 Å². The van der Waals surface area contributed by atoms with Gasteiger partial charge >= 0.3 is 0 Å². The third kappa shape index (κ3) is 4.67. The molecule has 1 rings (SSSR count). The summed E-state index contributed by atoms with van der Waals surface area (Å²) >= 11 is 0. The molecule has 3 heteroatoms. The Morgan fingerprint density at radius 1 is 1.22 bits per heavy atom. The van der Waals surface area contributed by atoms with E-state index < -0.39 is 0 Å². The average Bonchev–Trinajstić information content (AvgIpc) is 2.33. The Labute approximate surface area is 110 Å². The minimum absolute atomic E-state index is 0.0673. The van der Waals surface area contributed by atoms with Gasteiger partial charge in [0, 0.05) is 0 Å². The number of ether oxygens (including phenoxy) is 1. The summed E-state index contributed by atoms with van der Waals surface area (Å²) in [4.78, 5) is 0. The molecule has 0 spiro atoms. The monoisotopic (exact) mass is 251 g/mol. The van der Waals surface area contributed by atoms with Crippen LogP contribution in [0.4, 0.5) is 0 Å². The highest BCUT2D eigenvalue weighted by Gasteiger charge is 2.23. The van der Waals surface area contributed by atoms with E-state index >= 15 is 0 Å². The van der Waals surface area contributed by atoms with Crippen LogP contribution in [-0.4, -0.2) is 30.4 Å². The van der Waals surface area contributed by atoms with Crippen molar-refractivity contribution in [3.8, 4) is 5.75 Å². The molecule has 0 aliphatic carbocycles. The highest BCUT2D eigenvalue weighted by molar-refractivity contribution is 5.33. The van der Waals surface area contributed by atoms with Crippen molar-refractivity contribution in [2.75, 3.05) is 19.8 Å². The van der Waals surface area contributed by atoms with Gasteiger partial charge in [0.2, 0.25) is 0 Å². The van der Waals surface area contributed by atoms with Crippen molar-refractivity contribution in [2.45, 2.75) is 39.7 Å². The van der Waals surface area contributed by atoms with Gasteiger partial charge < -0.3 is 15.2 Å². The number of aliphatic hydroxyl groups is 1. The van der Waals surface area contributed by atoms with Crippen LogP contribution < -0.4 is 10.1 Å². The van der Waals surface area contributed by atoms with Crippen molar-refractivity contribution in [2.24, 2.45) is 0 Å². The molecule has 1 unspecified atom stereocenters. The maximum absolute atomic E-state index is 9.46. The molecule has 0 aliphatic heterocycles. The molecular weight excluding hydrogens is 226 g/mol. The van der Waals surface area contributed by atoms with Crippen LogP contribution in [0.15, 0.2) is 18.2 Å². The lowest BCUT2D eigenvalue weighted by Crippen LogP contribution is -2.50. The summed E-state index contributed by atoms with van der Waals surface area (Å²) < 4.78 is 5.80. The molecule has 0 saturated carbocycles. The van der Waals surface area contributed by atoms with Crippen LogP contribution in [0.2, 0.25) is 0 Å². The summed E-state index contributed by atoms with van der Waals surface area (Å²) in [7, 11) is 0. The van der Waals surface area contributed by atoms with E-state index in [-0.39, 0.29) is 12.1 Å². The van der Waals surface area contributed by atoms with Crippen molar-refractivity contribution in [1.82, 2.24) is 5.32 Å². The molecule has 102 valence electrons. The molecule has 0 aromatic heterocycles. The van der Waals surface area contributed by atoms with Gasteiger partial charge in [-0.15, -0.1) is 0 Å². The average molecular weight is 251 g/mol. The zero-order valence-electron chi connectivity index (χ0n) is 11.9. The van der Waals surface area contributed by atoms with E-state index in [1.165, 1.54) is 11.1 Å².